The smallest absolute Gasteiger partial charge is 0.360 e. The molecule has 1 aliphatic carbocycles. The molecule has 1 aliphatic rings. The van der Waals surface area contributed by atoms with E-state index in [4.69, 9.17) is 4.74 Å². The Kier molecular flexibility index (Phi) is 6.64. The van der Waals surface area contributed by atoms with Crippen LogP contribution in [0.15, 0.2) is 47.3 Å². The summed E-state index contributed by atoms with van der Waals surface area (Å²) in [6.45, 7) is 3.59. The van der Waals surface area contributed by atoms with E-state index in [1.165, 1.54) is 0 Å². The van der Waals surface area contributed by atoms with Gasteiger partial charge in [-0.15, -0.1) is 0 Å². The number of aryl methyl sites for hydroxylation is 1. The van der Waals surface area contributed by atoms with E-state index >= 15 is 0 Å². The summed E-state index contributed by atoms with van der Waals surface area (Å²) in [4.78, 5) is 49.5. The van der Waals surface area contributed by atoms with Gasteiger partial charge in [0.15, 0.2) is 5.69 Å². The second-order valence-corrected chi connectivity index (χ2v) is 7.20. The Bertz CT molecular complexity index is 1090. The van der Waals surface area contributed by atoms with E-state index in [-0.39, 0.29) is 30.8 Å². The van der Waals surface area contributed by atoms with Crippen molar-refractivity contribution in [1.29, 1.82) is 0 Å². The molecule has 0 radical (unpaired) electrons. The van der Waals surface area contributed by atoms with Crippen molar-refractivity contribution in [3.8, 4) is 5.69 Å². The summed E-state index contributed by atoms with van der Waals surface area (Å²) < 4.78 is 6.08. The van der Waals surface area contributed by atoms with E-state index in [2.05, 4.69) is 10.4 Å². The van der Waals surface area contributed by atoms with Gasteiger partial charge in [0, 0.05) is 6.07 Å². The van der Waals surface area contributed by atoms with Crippen molar-refractivity contribution in [2.75, 3.05) is 11.9 Å². The fourth-order valence-corrected chi connectivity index (χ4v) is 3.37. The lowest BCUT2D eigenvalue weighted by Gasteiger charge is -2.24. The highest BCUT2D eigenvalue weighted by Crippen LogP contribution is 2.27. The van der Waals surface area contributed by atoms with Gasteiger partial charge >= 0.3 is 11.9 Å². The van der Waals surface area contributed by atoms with Gasteiger partial charge in [0.05, 0.1) is 29.8 Å². The van der Waals surface area contributed by atoms with E-state index < -0.39 is 35.2 Å². The first-order chi connectivity index (χ1) is 14.8. The van der Waals surface area contributed by atoms with Crippen LogP contribution in [0.4, 0.5) is 5.69 Å². The number of carbonyl (C=O) groups excluding carboxylic acids is 2. The largest absolute Gasteiger partial charge is 0.481 e. The van der Waals surface area contributed by atoms with Gasteiger partial charge < -0.3 is 15.2 Å². The van der Waals surface area contributed by atoms with Gasteiger partial charge in [-0.05, 0) is 38.8 Å². The number of carbonyl (C=O) groups is 3. The van der Waals surface area contributed by atoms with Crippen molar-refractivity contribution in [2.24, 2.45) is 11.8 Å². The third-order valence-corrected chi connectivity index (χ3v) is 5.02. The van der Waals surface area contributed by atoms with E-state index in [1.807, 2.05) is 6.92 Å². The zero-order valence-corrected chi connectivity index (χ0v) is 17.2. The first-order valence-electron chi connectivity index (χ1n) is 9.89. The number of carboxylic acids is 1. The summed E-state index contributed by atoms with van der Waals surface area (Å²) in [7, 11) is 0. The highest BCUT2D eigenvalue weighted by molar-refractivity contribution is 6.01. The van der Waals surface area contributed by atoms with Crippen LogP contribution < -0.4 is 10.9 Å². The molecule has 31 heavy (non-hydrogen) atoms. The van der Waals surface area contributed by atoms with Crippen LogP contribution >= 0.6 is 0 Å². The van der Waals surface area contributed by atoms with Crippen LogP contribution in [0.5, 0.6) is 0 Å². The number of amides is 1. The van der Waals surface area contributed by atoms with Crippen LogP contribution in [0.2, 0.25) is 0 Å². The standard InChI is InChI=1S/C22H23N3O6/c1-3-31-22(30)19-17(23-20(27)15-6-4-5-7-16(15)21(28)29)12-18(26)25(24-19)14-10-8-13(2)9-11-14/h4-5,8-12,15-16H,3,6-7H2,1-2H3,(H,23,27)(H,28,29). The maximum atomic E-state index is 12.8. The summed E-state index contributed by atoms with van der Waals surface area (Å²) >= 11 is 0. The molecule has 0 spiro atoms. The normalized spacial score (nSPS) is 17.7. The summed E-state index contributed by atoms with van der Waals surface area (Å²) in [5, 5.41) is 16.1. The average Bonchev–Trinajstić information content (AvgIpc) is 2.74. The molecular formula is C22H23N3O6. The molecule has 2 N–H and O–H groups in total. The molecule has 3 rings (SSSR count). The van der Waals surface area contributed by atoms with Gasteiger partial charge in [0.1, 0.15) is 0 Å². The lowest BCUT2D eigenvalue weighted by molar-refractivity contribution is -0.146. The lowest BCUT2D eigenvalue weighted by Crippen LogP contribution is -2.36. The summed E-state index contributed by atoms with van der Waals surface area (Å²) in [5.74, 6) is -4.22. The highest BCUT2D eigenvalue weighted by Gasteiger charge is 2.34. The molecule has 1 amide bonds. The van der Waals surface area contributed by atoms with Gasteiger partial charge in [-0.25, -0.2) is 4.79 Å². The first-order valence-corrected chi connectivity index (χ1v) is 9.89. The molecule has 162 valence electrons. The minimum atomic E-state index is -1.08. The minimum Gasteiger partial charge on any atom is -0.481 e. The third kappa shape index (κ3) is 4.88. The number of nitrogens with one attached hydrogen (secondary N) is 1. The SMILES string of the molecule is CCOC(=O)c1nn(-c2ccc(C)cc2)c(=O)cc1NC(=O)C1CC=CCC1C(=O)O. The molecule has 0 saturated heterocycles. The van der Waals surface area contributed by atoms with Crippen LogP contribution in [0.1, 0.15) is 35.8 Å². The van der Waals surface area contributed by atoms with Crippen molar-refractivity contribution >= 4 is 23.5 Å². The van der Waals surface area contributed by atoms with E-state index in [0.717, 1.165) is 16.3 Å². The zero-order chi connectivity index (χ0) is 22.5. The Labute approximate surface area is 178 Å². The number of carboxylic acid groups (broad SMARTS) is 1. The molecule has 1 heterocycles. The molecule has 0 aliphatic heterocycles. The monoisotopic (exact) mass is 425 g/mol. The first kappa shape index (κ1) is 21.9. The molecule has 9 nitrogen and oxygen atoms in total. The average molecular weight is 425 g/mol. The Morgan fingerprint density at radius 3 is 2.42 bits per heavy atom. The van der Waals surface area contributed by atoms with E-state index in [1.54, 1.807) is 43.3 Å². The topological polar surface area (TPSA) is 128 Å². The number of hydrogen-bond acceptors (Lipinski definition) is 6. The Balaban J connectivity index is 1.99. The fourth-order valence-electron chi connectivity index (χ4n) is 3.37. The lowest BCUT2D eigenvalue weighted by atomic mass is 9.82. The Morgan fingerprint density at radius 1 is 1.16 bits per heavy atom. The maximum Gasteiger partial charge on any atom is 0.360 e. The zero-order valence-electron chi connectivity index (χ0n) is 17.2. The maximum absolute atomic E-state index is 12.8. The number of aromatic nitrogens is 2. The Morgan fingerprint density at radius 2 is 1.81 bits per heavy atom. The molecule has 0 fully saturated rings. The fraction of sp³-hybridized carbons (Fsp3) is 0.318. The molecular weight excluding hydrogens is 402 g/mol. The number of hydrogen-bond donors (Lipinski definition) is 2. The number of nitrogens with zero attached hydrogens (tertiary/aromatic N) is 2. The van der Waals surface area contributed by atoms with Gasteiger partial charge in [-0.3, -0.25) is 14.4 Å². The van der Waals surface area contributed by atoms with E-state index in [9.17, 15) is 24.3 Å². The number of allylic oxidation sites excluding steroid dienone is 2. The number of aliphatic carboxylic acids is 1. The van der Waals surface area contributed by atoms with E-state index in [0.29, 0.717) is 5.69 Å². The van der Waals surface area contributed by atoms with Crippen molar-refractivity contribution in [3.63, 3.8) is 0 Å². The van der Waals surface area contributed by atoms with Crippen molar-refractivity contribution in [2.45, 2.75) is 26.7 Å². The Hall–Kier alpha value is -3.75. The van der Waals surface area contributed by atoms with Crippen molar-refractivity contribution in [1.82, 2.24) is 9.78 Å². The molecule has 1 aromatic heterocycles. The van der Waals surface area contributed by atoms with Gasteiger partial charge in [0.25, 0.3) is 5.56 Å². The second kappa shape index (κ2) is 9.38. The third-order valence-electron chi connectivity index (χ3n) is 5.02. The van der Waals surface area contributed by atoms with Crippen LogP contribution in [0.25, 0.3) is 5.69 Å². The molecule has 2 unspecified atom stereocenters. The van der Waals surface area contributed by atoms with Crippen molar-refractivity contribution in [3.05, 3.63) is 64.1 Å². The molecule has 1 aromatic carbocycles. The predicted molar refractivity (Wildman–Crippen MR) is 112 cm³/mol. The number of rotatable bonds is 6. The number of benzene rings is 1. The highest BCUT2D eigenvalue weighted by atomic mass is 16.5. The molecule has 9 heteroatoms. The quantitative estimate of drug-likeness (QED) is 0.537. The van der Waals surface area contributed by atoms with Crippen LogP contribution in [0.3, 0.4) is 0 Å². The molecule has 2 atom stereocenters. The molecule has 2 aromatic rings. The molecule has 0 bridgehead atoms. The molecule has 0 saturated carbocycles. The van der Waals surface area contributed by atoms with Crippen LogP contribution in [-0.2, 0) is 14.3 Å². The number of anilines is 1. The van der Waals surface area contributed by atoms with Gasteiger partial charge in [0.2, 0.25) is 5.91 Å². The summed E-state index contributed by atoms with van der Waals surface area (Å²) in [6, 6.07) is 8.05. The summed E-state index contributed by atoms with van der Waals surface area (Å²) in [5.41, 5.74) is 0.512. The van der Waals surface area contributed by atoms with Gasteiger partial charge in [-0.1, -0.05) is 29.8 Å². The van der Waals surface area contributed by atoms with Crippen LogP contribution in [-0.4, -0.2) is 39.3 Å². The predicted octanol–water partition coefficient (Wildman–Crippen LogP) is 2.32. The second-order valence-electron chi connectivity index (χ2n) is 7.20. The van der Waals surface area contributed by atoms with Crippen LogP contribution in [0, 0.1) is 18.8 Å². The van der Waals surface area contributed by atoms with Crippen molar-refractivity contribution < 1.29 is 24.2 Å². The number of esters is 1. The number of ether oxygens (including phenoxy) is 1. The summed E-state index contributed by atoms with van der Waals surface area (Å²) in [6.07, 6.45) is 3.93. The van der Waals surface area contributed by atoms with Gasteiger partial charge in [-0.2, -0.15) is 9.78 Å². The minimum absolute atomic E-state index is 0.0755.